The standard InChI is InChI=1S/C20H19N3O3S/c1-11(13-5-7-15-14(10-13)6-8-17(24)22-15)21-19(25)18-12(2)26-20(23-18)16-4-3-9-27-16/h3-5,7,9-11H,6,8H2,1-2H3,(H,21,25)(H,22,24)/t11-/m0/s1. The summed E-state index contributed by atoms with van der Waals surface area (Å²) in [5.41, 5.74) is 3.22. The molecule has 27 heavy (non-hydrogen) atoms. The van der Waals surface area contributed by atoms with Crippen molar-refractivity contribution >= 4 is 28.8 Å². The first-order valence-electron chi connectivity index (χ1n) is 8.76. The van der Waals surface area contributed by atoms with Gasteiger partial charge in [0, 0.05) is 12.1 Å². The number of carbonyl (C=O) groups is 2. The van der Waals surface area contributed by atoms with Gasteiger partial charge in [0.25, 0.3) is 5.91 Å². The third-order valence-electron chi connectivity index (χ3n) is 4.62. The number of hydrogen-bond acceptors (Lipinski definition) is 5. The number of oxazole rings is 1. The van der Waals surface area contributed by atoms with E-state index in [1.165, 1.54) is 11.3 Å². The Hall–Kier alpha value is -2.93. The van der Waals surface area contributed by atoms with Crippen LogP contribution in [0.4, 0.5) is 5.69 Å². The highest BCUT2D eigenvalue weighted by Gasteiger charge is 2.21. The number of aryl methyl sites for hydroxylation is 2. The third-order valence-corrected chi connectivity index (χ3v) is 5.47. The Labute approximate surface area is 160 Å². The zero-order valence-corrected chi connectivity index (χ0v) is 15.9. The average Bonchev–Trinajstić information content (AvgIpc) is 3.30. The van der Waals surface area contributed by atoms with Crippen molar-refractivity contribution in [1.29, 1.82) is 0 Å². The monoisotopic (exact) mass is 381 g/mol. The van der Waals surface area contributed by atoms with Crippen LogP contribution < -0.4 is 10.6 Å². The van der Waals surface area contributed by atoms with Gasteiger partial charge in [-0.2, -0.15) is 0 Å². The first-order valence-corrected chi connectivity index (χ1v) is 9.64. The quantitative estimate of drug-likeness (QED) is 0.713. The van der Waals surface area contributed by atoms with Crippen molar-refractivity contribution in [3.05, 3.63) is 58.3 Å². The average molecular weight is 381 g/mol. The minimum Gasteiger partial charge on any atom is -0.440 e. The maximum absolute atomic E-state index is 12.7. The fraction of sp³-hybridized carbons (Fsp3) is 0.250. The van der Waals surface area contributed by atoms with Crippen LogP contribution >= 0.6 is 11.3 Å². The van der Waals surface area contributed by atoms with E-state index in [-0.39, 0.29) is 17.9 Å². The molecule has 7 heteroatoms. The van der Waals surface area contributed by atoms with Crippen molar-refractivity contribution in [1.82, 2.24) is 10.3 Å². The second-order valence-electron chi connectivity index (χ2n) is 6.56. The number of nitrogens with zero attached hydrogens (tertiary/aromatic N) is 1. The van der Waals surface area contributed by atoms with Gasteiger partial charge in [0.2, 0.25) is 11.8 Å². The van der Waals surface area contributed by atoms with Gasteiger partial charge in [-0.3, -0.25) is 9.59 Å². The lowest BCUT2D eigenvalue weighted by molar-refractivity contribution is -0.116. The van der Waals surface area contributed by atoms with Crippen LogP contribution in [0.25, 0.3) is 10.8 Å². The van der Waals surface area contributed by atoms with Crippen molar-refractivity contribution in [2.75, 3.05) is 5.32 Å². The second kappa shape index (κ2) is 7.00. The summed E-state index contributed by atoms with van der Waals surface area (Å²) in [7, 11) is 0. The summed E-state index contributed by atoms with van der Waals surface area (Å²) in [4.78, 5) is 29.4. The number of fused-ring (bicyclic) bond motifs is 1. The molecule has 0 bridgehead atoms. The Bertz CT molecular complexity index is 1010. The molecule has 1 atom stereocenters. The van der Waals surface area contributed by atoms with Gasteiger partial charge in [-0.1, -0.05) is 18.2 Å². The van der Waals surface area contributed by atoms with Gasteiger partial charge >= 0.3 is 0 Å². The summed E-state index contributed by atoms with van der Waals surface area (Å²) in [5, 5.41) is 7.79. The Morgan fingerprint density at radius 3 is 2.96 bits per heavy atom. The maximum atomic E-state index is 12.7. The highest BCUT2D eigenvalue weighted by molar-refractivity contribution is 7.13. The van der Waals surface area contributed by atoms with Gasteiger partial charge in [0.1, 0.15) is 5.76 Å². The fourth-order valence-electron chi connectivity index (χ4n) is 3.13. The topological polar surface area (TPSA) is 84.2 Å². The molecule has 4 rings (SSSR count). The molecule has 0 saturated heterocycles. The number of thiophene rings is 1. The van der Waals surface area contributed by atoms with Crippen molar-refractivity contribution in [2.45, 2.75) is 32.7 Å². The van der Waals surface area contributed by atoms with Crippen LogP contribution in [0.15, 0.2) is 40.1 Å². The Balaban J connectivity index is 1.51. The molecule has 0 saturated carbocycles. The molecule has 1 aliphatic rings. The molecule has 1 aromatic carbocycles. The number of benzene rings is 1. The van der Waals surface area contributed by atoms with E-state index in [0.29, 0.717) is 30.2 Å². The van der Waals surface area contributed by atoms with Gasteiger partial charge in [-0.15, -0.1) is 11.3 Å². The number of carbonyl (C=O) groups excluding carboxylic acids is 2. The fourth-order valence-corrected chi connectivity index (χ4v) is 3.78. The molecule has 3 aromatic rings. The van der Waals surface area contributed by atoms with Crippen molar-refractivity contribution < 1.29 is 14.0 Å². The highest BCUT2D eigenvalue weighted by Crippen LogP contribution is 2.28. The summed E-state index contributed by atoms with van der Waals surface area (Å²) < 4.78 is 5.65. The Morgan fingerprint density at radius 2 is 2.19 bits per heavy atom. The van der Waals surface area contributed by atoms with Crippen molar-refractivity contribution in [2.24, 2.45) is 0 Å². The van der Waals surface area contributed by atoms with E-state index < -0.39 is 0 Å². The van der Waals surface area contributed by atoms with E-state index in [1.807, 2.05) is 42.6 Å². The predicted octanol–water partition coefficient (Wildman–Crippen LogP) is 4.09. The highest BCUT2D eigenvalue weighted by atomic mass is 32.1. The van der Waals surface area contributed by atoms with Crippen LogP contribution in [0.2, 0.25) is 0 Å². The van der Waals surface area contributed by atoms with Gasteiger partial charge in [-0.05, 0) is 48.9 Å². The van der Waals surface area contributed by atoms with E-state index in [0.717, 1.165) is 21.7 Å². The van der Waals surface area contributed by atoms with Crippen LogP contribution in [0.3, 0.4) is 0 Å². The smallest absolute Gasteiger partial charge is 0.274 e. The molecule has 0 radical (unpaired) electrons. The van der Waals surface area contributed by atoms with Gasteiger partial charge in [-0.25, -0.2) is 4.98 Å². The first kappa shape index (κ1) is 17.5. The van der Waals surface area contributed by atoms with Crippen LogP contribution in [0.1, 0.15) is 46.8 Å². The normalized spacial score (nSPS) is 14.4. The maximum Gasteiger partial charge on any atom is 0.274 e. The summed E-state index contributed by atoms with van der Waals surface area (Å²) in [6.45, 7) is 3.67. The number of rotatable bonds is 4. The molecule has 0 spiro atoms. The van der Waals surface area contributed by atoms with E-state index >= 15 is 0 Å². The van der Waals surface area contributed by atoms with Crippen molar-refractivity contribution in [3.8, 4) is 10.8 Å². The molecule has 0 fully saturated rings. The summed E-state index contributed by atoms with van der Waals surface area (Å²) in [6.07, 6.45) is 1.20. The third kappa shape index (κ3) is 3.50. The summed E-state index contributed by atoms with van der Waals surface area (Å²) in [6, 6.07) is 9.48. The SMILES string of the molecule is Cc1oc(-c2cccs2)nc1C(=O)N[C@@H](C)c1ccc2c(c1)CCC(=O)N2. The lowest BCUT2D eigenvalue weighted by atomic mass is 9.98. The summed E-state index contributed by atoms with van der Waals surface area (Å²) >= 11 is 1.52. The lowest BCUT2D eigenvalue weighted by Crippen LogP contribution is -2.28. The van der Waals surface area contributed by atoms with Gasteiger partial charge in [0.05, 0.1) is 10.9 Å². The minimum absolute atomic E-state index is 0.0413. The van der Waals surface area contributed by atoms with E-state index in [2.05, 4.69) is 15.6 Å². The minimum atomic E-state index is -0.266. The number of hydrogen-bond donors (Lipinski definition) is 2. The second-order valence-corrected chi connectivity index (χ2v) is 7.51. The number of nitrogens with one attached hydrogen (secondary N) is 2. The molecule has 2 N–H and O–H groups in total. The number of aromatic nitrogens is 1. The number of amides is 2. The zero-order valence-electron chi connectivity index (χ0n) is 15.0. The molecular formula is C20H19N3O3S. The molecule has 6 nitrogen and oxygen atoms in total. The molecule has 1 aliphatic heterocycles. The van der Waals surface area contributed by atoms with Crippen LogP contribution in [-0.4, -0.2) is 16.8 Å². The molecule has 138 valence electrons. The lowest BCUT2D eigenvalue weighted by Gasteiger charge is -2.20. The van der Waals surface area contributed by atoms with Crippen LogP contribution in [-0.2, 0) is 11.2 Å². The molecule has 2 amide bonds. The van der Waals surface area contributed by atoms with Crippen molar-refractivity contribution in [3.63, 3.8) is 0 Å². The van der Waals surface area contributed by atoms with Crippen LogP contribution in [0, 0.1) is 6.92 Å². The molecular weight excluding hydrogens is 362 g/mol. The van der Waals surface area contributed by atoms with E-state index in [1.54, 1.807) is 6.92 Å². The van der Waals surface area contributed by atoms with E-state index in [4.69, 9.17) is 4.42 Å². The van der Waals surface area contributed by atoms with Crippen LogP contribution in [0.5, 0.6) is 0 Å². The summed E-state index contributed by atoms with van der Waals surface area (Å²) in [5.74, 6) is 0.735. The Morgan fingerprint density at radius 1 is 1.33 bits per heavy atom. The predicted molar refractivity (Wildman–Crippen MR) is 104 cm³/mol. The molecule has 3 heterocycles. The Kier molecular flexibility index (Phi) is 4.53. The molecule has 0 aliphatic carbocycles. The largest absolute Gasteiger partial charge is 0.440 e. The molecule has 0 unspecified atom stereocenters. The number of anilines is 1. The van der Waals surface area contributed by atoms with E-state index in [9.17, 15) is 9.59 Å². The first-order chi connectivity index (χ1) is 13.0. The van der Waals surface area contributed by atoms with Gasteiger partial charge in [0.15, 0.2) is 5.69 Å². The van der Waals surface area contributed by atoms with Gasteiger partial charge < -0.3 is 15.1 Å². The molecule has 2 aromatic heterocycles. The zero-order chi connectivity index (χ0) is 19.0.